The van der Waals surface area contributed by atoms with Crippen LogP contribution in [0.15, 0.2) is 78.5 Å². The molecule has 0 aromatic carbocycles. The van der Waals surface area contributed by atoms with E-state index in [9.17, 15) is 0 Å². The van der Waals surface area contributed by atoms with E-state index in [0.717, 1.165) is 95.5 Å². The Morgan fingerprint density at radius 1 is 0.972 bits per heavy atom. The van der Waals surface area contributed by atoms with Crippen LogP contribution in [0.25, 0.3) is 0 Å². The zero-order valence-electron chi connectivity index (χ0n) is 22.6. The van der Waals surface area contributed by atoms with E-state index in [1.807, 2.05) is 32.3 Å². The number of aromatic nitrogens is 1. The van der Waals surface area contributed by atoms with Crippen LogP contribution in [0.1, 0.15) is 12.6 Å². The lowest BCUT2D eigenvalue weighted by Crippen LogP contribution is -2.47. The van der Waals surface area contributed by atoms with Gasteiger partial charge in [0.15, 0.2) is 0 Å². The molecule has 2 N–H and O–H groups in total. The molecule has 0 unspecified atom stereocenters. The second kappa shape index (κ2) is 17.9. The van der Waals surface area contributed by atoms with Gasteiger partial charge in [-0.25, -0.2) is 0 Å². The average Bonchev–Trinajstić information content (AvgIpc) is 2.89. The molecule has 2 rings (SSSR count). The van der Waals surface area contributed by atoms with Crippen molar-refractivity contribution in [3.8, 4) is 0 Å². The molecular formula is C29H47N7. The molecule has 2 heterocycles. The fourth-order valence-electron chi connectivity index (χ4n) is 4.34. The molecule has 198 valence electrons. The van der Waals surface area contributed by atoms with Gasteiger partial charge in [-0.2, -0.15) is 0 Å². The van der Waals surface area contributed by atoms with Crippen molar-refractivity contribution in [1.29, 1.82) is 0 Å². The molecule has 0 amide bonds. The first kappa shape index (κ1) is 29.8. The summed E-state index contributed by atoms with van der Waals surface area (Å²) >= 11 is 0. The summed E-state index contributed by atoms with van der Waals surface area (Å²) in [6, 6.07) is 6.16. The fraction of sp³-hybridized carbons (Fsp3) is 0.517. The third-order valence-corrected chi connectivity index (χ3v) is 6.41. The molecule has 1 aromatic rings. The predicted molar refractivity (Wildman–Crippen MR) is 155 cm³/mol. The highest BCUT2D eigenvalue weighted by Crippen LogP contribution is 2.07. The quantitative estimate of drug-likeness (QED) is 0.378. The Labute approximate surface area is 219 Å². The van der Waals surface area contributed by atoms with Gasteiger partial charge in [0.2, 0.25) is 0 Å². The molecule has 1 aliphatic heterocycles. The van der Waals surface area contributed by atoms with Gasteiger partial charge in [0, 0.05) is 104 Å². The van der Waals surface area contributed by atoms with Crippen LogP contribution < -0.4 is 5.73 Å². The summed E-state index contributed by atoms with van der Waals surface area (Å²) in [6.45, 7) is 22.1. The SMILES string of the molecule is C=C/C=C\C(=C)CN1CCN(CCN)CCN(Cc2ccccn2)CCN(CC(/C=C\C)=NC)CC1. The van der Waals surface area contributed by atoms with Crippen molar-refractivity contribution in [2.24, 2.45) is 10.7 Å². The minimum absolute atomic E-state index is 0.673. The van der Waals surface area contributed by atoms with E-state index in [2.05, 4.69) is 73.1 Å². The highest BCUT2D eigenvalue weighted by atomic mass is 15.3. The molecule has 0 spiro atoms. The first-order valence-corrected chi connectivity index (χ1v) is 13.1. The van der Waals surface area contributed by atoms with Gasteiger partial charge in [-0.1, -0.05) is 43.5 Å². The van der Waals surface area contributed by atoms with Crippen molar-refractivity contribution < 1.29 is 0 Å². The highest BCUT2D eigenvalue weighted by molar-refractivity contribution is 5.96. The topological polar surface area (TPSA) is 64.2 Å². The Morgan fingerprint density at radius 2 is 1.61 bits per heavy atom. The van der Waals surface area contributed by atoms with Crippen molar-refractivity contribution in [2.75, 3.05) is 85.6 Å². The Bertz CT molecular complexity index is 846. The van der Waals surface area contributed by atoms with Crippen LogP contribution in [-0.4, -0.2) is 116 Å². The zero-order chi connectivity index (χ0) is 26.0. The van der Waals surface area contributed by atoms with Crippen LogP contribution in [0.3, 0.4) is 0 Å². The van der Waals surface area contributed by atoms with Crippen LogP contribution in [0.5, 0.6) is 0 Å². The summed E-state index contributed by atoms with van der Waals surface area (Å²) in [5.74, 6) is 0. The monoisotopic (exact) mass is 493 g/mol. The van der Waals surface area contributed by atoms with Gasteiger partial charge >= 0.3 is 0 Å². The molecule has 1 aliphatic rings. The molecule has 1 fully saturated rings. The maximum absolute atomic E-state index is 5.97. The summed E-state index contributed by atoms with van der Waals surface area (Å²) in [5.41, 5.74) is 9.30. The normalized spacial score (nSPS) is 18.9. The van der Waals surface area contributed by atoms with E-state index in [4.69, 9.17) is 5.73 Å². The van der Waals surface area contributed by atoms with Crippen molar-refractivity contribution in [3.63, 3.8) is 0 Å². The van der Waals surface area contributed by atoms with E-state index in [1.54, 1.807) is 6.08 Å². The smallest absolute Gasteiger partial charge is 0.0543 e. The molecule has 0 saturated carbocycles. The lowest BCUT2D eigenvalue weighted by atomic mass is 10.2. The average molecular weight is 494 g/mol. The number of hydrogen-bond donors (Lipinski definition) is 1. The first-order valence-electron chi connectivity index (χ1n) is 13.1. The lowest BCUT2D eigenvalue weighted by Gasteiger charge is -2.34. The van der Waals surface area contributed by atoms with E-state index < -0.39 is 0 Å². The zero-order valence-corrected chi connectivity index (χ0v) is 22.6. The predicted octanol–water partition coefficient (Wildman–Crippen LogP) is 2.71. The standard InChI is InChI=1S/C29H47N7/c1-5-7-11-27(3)24-34-18-16-33(15-13-30)17-19-36(26-29-12-8-9-14-32-29)23-22-35(21-20-34)25-28(31-4)10-6-2/h5-12,14H,1,3,13,15-26,30H2,2,4H3/b10-6-,11-7-,31-28?. The minimum atomic E-state index is 0.673. The van der Waals surface area contributed by atoms with Gasteiger partial charge in [-0.05, 0) is 30.7 Å². The number of nitrogens with zero attached hydrogens (tertiary/aromatic N) is 6. The van der Waals surface area contributed by atoms with Gasteiger partial charge in [0.1, 0.15) is 0 Å². The van der Waals surface area contributed by atoms with E-state index in [0.29, 0.717) is 6.54 Å². The molecule has 0 aliphatic carbocycles. The molecule has 1 saturated heterocycles. The van der Waals surface area contributed by atoms with Gasteiger partial charge in [-0.15, -0.1) is 0 Å². The van der Waals surface area contributed by atoms with Crippen LogP contribution in [-0.2, 0) is 6.54 Å². The van der Waals surface area contributed by atoms with Crippen molar-refractivity contribution >= 4 is 5.71 Å². The van der Waals surface area contributed by atoms with E-state index >= 15 is 0 Å². The Morgan fingerprint density at radius 3 is 2.17 bits per heavy atom. The number of aliphatic imine (C=N–C) groups is 1. The number of allylic oxidation sites excluding steroid dienone is 3. The first-order chi connectivity index (χ1) is 17.6. The maximum Gasteiger partial charge on any atom is 0.0543 e. The molecule has 1 aromatic heterocycles. The molecule has 7 heteroatoms. The van der Waals surface area contributed by atoms with Gasteiger partial charge in [0.05, 0.1) is 5.69 Å². The lowest BCUT2D eigenvalue weighted by molar-refractivity contribution is 0.141. The summed E-state index contributed by atoms with van der Waals surface area (Å²) in [4.78, 5) is 19.2. The third kappa shape index (κ3) is 12.0. The van der Waals surface area contributed by atoms with Crippen molar-refractivity contribution in [1.82, 2.24) is 24.6 Å². The molecular weight excluding hydrogens is 446 g/mol. The summed E-state index contributed by atoms with van der Waals surface area (Å²) < 4.78 is 0. The second-order valence-electron chi connectivity index (χ2n) is 9.25. The summed E-state index contributed by atoms with van der Waals surface area (Å²) in [5, 5.41) is 0. The number of pyridine rings is 1. The summed E-state index contributed by atoms with van der Waals surface area (Å²) in [6.07, 6.45) is 11.9. The second-order valence-corrected chi connectivity index (χ2v) is 9.25. The largest absolute Gasteiger partial charge is 0.329 e. The fourth-order valence-corrected chi connectivity index (χ4v) is 4.34. The van der Waals surface area contributed by atoms with Crippen LogP contribution >= 0.6 is 0 Å². The Balaban J connectivity index is 2.19. The molecule has 0 bridgehead atoms. The number of rotatable bonds is 11. The van der Waals surface area contributed by atoms with E-state index in [-0.39, 0.29) is 0 Å². The number of hydrogen-bond acceptors (Lipinski definition) is 7. The molecule has 36 heavy (non-hydrogen) atoms. The van der Waals surface area contributed by atoms with Crippen LogP contribution in [0, 0.1) is 0 Å². The van der Waals surface area contributed by atoms with Crippen molar-refractivity contribution in [2.45, 2.75) is 13.5 Å². The van der Waals surface area contributed by atoms with Gasteiger partial charge in [-0.3, -0.25) is 29.6 Å². The molecule has 7 nitrogen and oxygen atoms in total. The molecule has 0 radical (unpaired) electrons. The Hall–Kier alpha value is -2.42. The van der Waals surface area contributed by atoms with Crippen molar-refractivity contribution in [3.05, 3.63) is 79.2 Å². The molecule has 0 atom stereocenters. The third-order valence-electron chi connectivity index (χ3n) is 6.41. The van der Waals surface area contributed by atoms with Crippen LogP contribution in [0.4, 0.5) is 0 Å². The number of nitrogens with two attached hydrogens (primary N) is 1. The Kier molecular flexibility index (Phi) is 14.8. The van der Waals surface area contributed by atoms with E-state index in [1.165, 1.54) is 0 Å². The maximum atomic E-state index is 5.97. The van der Waals surface area contributed by atoms with Crippen LogP contribution in [0.2, 0.25) is 0 Å². The highest BCUT2D eigenvalue weighted by Gasteiger charge is 2.17. The summed E-state index contributed by atoms with van der Waals surface area (Å²) in [7, 11) is 1.88. The minimum Gasteiger partial charge on any atom is -0.329 e. The van der Waals surface area contributed by atoms with Gasteiger partial charge < -0.3 is 5.73 Å². The van der Waals surface area contributed by atoms with Gasteiger partial charge in [0.25, 0.3) is 0 Å².